The van der Waals surface area contributed by atoms with Gasteiger partial charge in [0.2, 0.25) is 0 Å². The molecule has 0 aliphatic carbocycles. The van der Waals surface area contributed by atoms with Crippen LogP contribution in [-0.2, 0) is 13.1 Å². The van der Waals surface area contributed by atoms with E-state index in [0.29, 0.717) is 11.2 Å². The molecule has 0 bridgehead atoms. The van der Waals surface area contributed by atoms with Crippen LogP contribution in [0, 0.1) is 0 Å². The third-order valence-corrected chi connectivity index (χ3v) is 4.85. The van der Waals surface area contributed by atoms with E-state index in [0.717, 1.165) is 23.2 Å². The van der Waals surface area contributed by atoms with Crippen molar-refractivity contribution in [1.29, 1.82) is 0 Å². The summed E-state index contributed by atoms with van der Waals surface area (Å²) in [6, 6.07) is 21.7. The number of rotatable bonds is 6. The summed E-state index contributed by atoms with van der Waals surface area (Å²) in [6.45, 7) is 1.16. The van der Waals surface area contributed by atoms with Crippen molar-refractivity contribution in [3.8, 4) is 11.1 Å². The van der Waals surface area contributed by atoms with Gasteiger partial charge in [0, 0.05) is 18.9 Å². The normalized spacial score (nSPS) is 10.8. The van der Waals surface area contributed by atoms with Gasteiger partial charge in [0.1, 0.15) is 0 Å². The van der Waals surface area contributed by atoms with Crippen molar-refractivity contribution in [1.82, 2.24) is 15.1 Å². The second-order valence-electron chi connectivity index (χ2n) is 6.34. The van der Waals surface area contributed by atoms with Crippen molar-refractivity contribution >= 4 is 21.8 Å². The lowest BCUT2D eigenvalue weighted by Gasteiger charge is -2.11. The number of nitrogens with one attached hydrogen (secondary N) is 1. The fraction of sp³-hybridized carbons (Fsp3) is 0.0909. The maximum atomic E-state index is 12.2. The second kappa shape index (κ2) is 8.27. The van der Waals surface area contributed by atoms with Gasteiger partial charge in [-0.1, -0.05) is 48.5 Å². The van der Waals surface area contributed by atoms with Gasteiger partial charge >= 0.3 is 0 Å². The number of hydrogen-bond donors (Lipinski definition) is 1. The van der Waals surface area contributed by atoms with Crippen molar-refractivity contribution < 1.29 is 9.21 Å². The average Bonchev–Trinajstić information content (AvgIpc) is 3.39. The van der Waals surface area contributed by atoms with E-state index in [1.807, 2.05) is 35.1 Å². The van der Waals surface area contributed by atoms with Crippen LogP contribution in [0.3, 0.4) is 0 Å². The van der Waals surface area contributed by atoms with Gasteiger partial charge in [-0.3, -0.25) is 9.48 Å². The Morgan fingerprint density at radius 2 is 1.86 bits per heavy atom. The highest BCUT2D eigenvalue weighted by molar-refractivity contribution is 9.10. The summed E-state index contributed by atoms with van der Waals surface area (Å²) in [6.07, 6.45) is 3.73. The van der Waals surface area contributed by atoms with E-state index in [-0.39, 0.29) is 11.7 Å². The highest BCUT2D eigenvalue weighted by Gasteiger charge is 2.11. The van der Waals surface area contributed by atoms with Crippen molar-refractivity contribution in [2.45, 2.75) is 13.1 Å². The van der Waals surface area contributed by atoms with Gasteiger partial charge in [-0.25, -0.2) is 0 Å². The third-order valence-electron chi connectivity index (χ3n) is 4.42. The van der Waals surface area contributed by atoms with E-state index in [1.165, 1.54) is 5.56 Å². The predicted molar refractivity (Wildman–Crippen MR) is 111 cm³/mol. The van der Waals surface area contributed by atoms with Gasteiger partial charge < -0.3 is 9.73 Å². The number of benzene rings is 2. The van der Waals surface area contributed by atoms with E-state index in [1.54, 1.807) is 18.3 Å². The van der Waals surface area contributed by atoms with Gasteiger partial charge in [0.05, 0.1) is 6.54 Å². The fourth-order valence-corrected chi connectivity index (χ4v) is 3.33. The molecular formula is C22H18BrN3O2. The van der Waals surface area contributed by atoms with E-state index in [9.17, 15) is 4.79 Å². The molecule has 0 aliphatic heterocycles. The van der Waals surface area contributed by atoms with Crippen LogP contribution in [0.1, 0.15) is 21.7 Å². The highest BCUT2D eigenvalue weighted by Crippen LogP contribution is 2.24. The molecule has 0 unspecified atom stereocenters. The van der Waals surface area contributed by atoms with Crippen molar-refractivity contribution in [2.24, 2.45) is 0 Å². The molecule has 0 fully saturated rings. The highest BCUT2D eigenvalue weighted by atomic mass is 79.9. The number of amides is 1. The first-order valence-electron chi connectivity index (χ1n) is 8.87. The molecule has 0 aliphatic rings. The molecule has 2 heterocycles. The van der Waals surface area contributed by atoms with E-state index < -0.39 is 0 Å². The SMILES string of the molecule is O=C(NCc1ccccc1-c1ccc(Cn2cccn2)cc1)c1ccc(Br)o1. The molecule has 0 atom stereocenters. The van der Waals surface area contributed by atoms with Crippen molar-refractivity contribution in [2.75, 3.05) is 0 Å². The van der Waals surface area contributed by atoms with Crippen LogP contribution < -0.4 is 5.32 Å². The van der Waals surface area contributed by atoms with Gasteiger partial charge in [0.25, 0.3) is 5.91 Å². The first kappa shape index (κ1) is 18.3. The molecule has 0 spiro atoms. The molecule has 6 heteroatoms. The van der Waals surface area contributed by atoms with Crippen LogP contribution in [0.5, 0.6) is 0 Å². The van der Waals surface area contributed by atoms with Crippen molar-refractivity contribution in [3.05, 3.63) is 101 Å². The Balaban J connectivity index is 1.48. The smallest absolute Gasteiger partial charge is 0.287 e. The molecule has 1 N–H and O–H groups in total. The summed E-state index contributed by atoms with van der Waals surface area (Å²) in [5.41, 5.74) is 4.42. The van der Waals surface area contributed by atoms with Crippen LogP contribution in [0.4, 0.5) is 0 Å². The van der Waals surface area contributed by atoms with Gasteiger partial charge in [-0.2, -0.15) is 5.10 Å². The number of nitrogens with zero attached hydrogens (tertiary/aromatic N) is 2. The summed E-state index contributed by atoms with van der Waals surface area (Å²) >= 11 is 3.21. The molecule has 1 amide bonds. The quantitative estimate of drug-likeness (QED) is 0.469. The second-order valence-corrected chi connectivity index (χ2v) is 7.13. The van der Waals surface area contributed by atoms with Crippen molar-refractivity contribution in [3.63, 3.8) is 0 Å². The lowest BCUT2D eigenvalue weighted by Crippen LogP contribution is -2.22. The van der Waals surface area contributed by atoms with E-state index >= 15 is 0 Å². The molecule has 2 aromatic carbocycles. The lowest BCUT2D eigenvalue weighted by molar-refractivity contribution is 0.0922. The molecule has 0 saturated heterocycles. The largest absolute Gasteiger partial charge is 0.444 e. The summed E-state index contributed by atoms with van der Waals surface area (Å²) in [4.78, 5) is 12.2. The monoisotopic (exact) mass is 435 g/mol. The topological polar surface area (TPSA) is 60.1 Å². The van der Waals surface area contributed by atoms with Crippen LogP contribution in [0.15, 0.2) is 88.2 Å². The fourth-order valence-electron chi connectivity index (χ4n) is 3.03. The summed E-state index contributed by atoms with van der Waals surface area (Å²) < 4.78 is 7.73. The van der Waals surface area contributed by atoms with Gasteiger partial charge in [-0.15, -0.1) is 0 Å². The van der Waals surface area contributed by atoms with Crippen LogP contribution >= 0.6 is 15.9 Å². The first-order chi connectivity index (χ1) is 13.7. The van der Waals surface area contributed by atoms with E-state index in [2.05, 4.69) is 56.7 Å². The van der Waals surface area contributed by atoms with Gasteiger partial charge in [-0.05, 0) is 56.4 Å². The Labute approximate surface area is 171 Å². The molecule has 140 valence electrons. The Kier molecular flexibility index (Phi) is 5.39. The number of carbonyl (C=O) groups is 1. The Hall–Kier alpha value is -3.12. The van der Waals surface area contributed by atoms with E-state index in [4.69, 9.17) is 4.42 Å². The summed E-state index contributed by atoms with van der Waals surface area (Å²) in [7, 11) is 0. The number of hydrogen-bond acceptors (Lipinski definition) is 3. The lowest BCUT2D eigenvalue weighted by atomic mass is 9.98. The number of halogens is 1. The molecule has 0 saturated carbocycles. The van der Waals surface area contributed by atoms with Crippen LogP contribution in [-0.4, -0.2) is 15.7 Å². The maximum Gasteiger partial charge on any atom is 0.287 e. The van der Waals surface area contributed by atoms with Crippen LogP contribution in [0.2, 0.25) is 0 Å². The minimum atomic E-state index is -0.241. The predicted octanol–water partition coefficient (Wildman–Crippen LogP) is 4.88. The Morgan fingerprint density at radius 1 is 1.04 bits per heavy atom. The standard InChI is InChI=1S/C22H18BrN3O2/c23-21-11-10-20(28-21)22(27)24-14-18-4-1-2-5-19(18)17-8-6-16(7-9-17)15-26-13-3-12-25-26/h1-13H,14-15H2,(H,24,27). The molecule has 28 heavy (non-hydrogen) atoms. The number of furan rings is 1. The molecule has 2 aromatic heterocycles. The molecule has 5 nitrogen and oxygen atoms in total. The molecular weight excluding hydrogens is 418 g/mol. The zero-order chi connectivity index (χ0) is 19.3. The minimum absolute atomic E-state index is 0.241. The summed E-state index contributed by atoms with van der Waals surface area (Å²) in [5, 5.41) is 7.15. The maximum absolute atomic E-state index is 12.2. The molecule has 4 aromatic rings. The third kappa shape index (κ3) is 4.23. The Morgan fingerprint density at radius 3 is 2.57 bits per heavy atom. The first-order valence-corrected chi connectivity index (χ1v) is 9.66. The van der Waals surface area contributed by atoms with Gasteiger partial charge in [0.15, 0.2) is 10.4 Å². The number of carbonyl (C=O) groups excluding carboxylic acids is 1. The summed E-state index contributed by atoms with van der Waals surface area (Å²) in [5.74, 6) is 0.0439. The zero-order valence-corrected chi connectivity index (χ0v) is 16.6. The van der Waals surface area contributed by atoms with Crippen LogP contribution in [0.25, 0.3) is 11.1 Å². The zero-order valence-electron chi connectivity index (χ0n) is 15.0. The Bertz CT molecular complexity index is 1070. The minimum Gasteiger partial charge on any atom is -0.444 e. The molecule has 4 rings (SSSR count). The number of aromatic nitrogens is 2. The average molecular weight is 436 g/mol. The molecule has 0 radical (unpaired) electrons.